The van der Waals surface area contributed by atoms with Crippen molar-refractivity contribution in [2.45, 2.75) is 6.42 Å². The average molecular weight is 365 g/mol. The number of halogens is 1. The minimum absolute atomic E-state index is 0.0474. The van der Waals surface area contributed by atoms with Gasteiger partial charge in [-0.1, -0.05) is 18.2 Å². The number of rotatable bonds is 4. The molecule has 0 bridgehead atoms. The van der Waals surface area contributed by atoms with E-state index in [0.29, 0.717) is 31.7 Å². The van der Waals surface area contributed by atoms with Gasteiger partial charge >= 0.3 is 0 Å². The lowest BCUT2D eigenvalue weighted by Gasteiger charge is -2.35. The SMILES string of the molecule is O=C(Cc1ccccc1F)N1CCN(c2ccc(-n3cccc3)nn2)CC1. The molecule has 4 rings (SSSR count). The van der Waals surface area contributed by atoms with Gasteiger partial charge in [0.1, 0.15) is 5.82 Å². The molecule has 27 heavy (non-hydrogen) atoms. The largest absolute Gasteiger partial charge is 0.352 e. The fraction of sp³-hybridized carbons (Fsp3) is 0.250. The Labute approximate surface area is 156 Å². The second kappa shape index (κ2) is 7.57. The summed E-state index contributed by atoms with van der Waals surface area (Å²) in [6, 6.07) is 14.2. The number of anilines is 1. The first-order valence-electron chi connectivity index (χ1n) is 8.94. The monoisotopic (exact) mass is 365 g/mol. The van der Waals surface area contributed by atoms with Crippen LogP contribution in [0.2, 0.25) is 0 Å². The van der Waals surface area contributed by atoms with E-state index in [1.54, 1.807) is 23.1 Å². The second-order valence-corrected chi connectivity index (χ2v) is 6.48. The maximum Gasteiger partial charge on any atom is 0.227 e. The first-order valence-corrected chi connectivity index (χ1v) is 8.94. The average Bonchev–Trinajstić information content (AvgIpc) is 3.25. The van der Waals surface area contributed by atoms with Crippen molar-refractivity contribution in [1.82, 2.24) is 19.7 Å². The maximum atomic E-state index is 13.7. The van der Waals surface area contributed by atoms with E-state index < -0.39 is 0 Å². The van der Waals surface area contributed by atoms with E-state index in [1.165, 1.54) is 6.07 Å². The number of aromatic nitrogens is 3. The third kappa shape index (κ3) is 3.81. The van der Waals surface area contributed by atoms with Crippen molar-refractivity contribution >= 4 is 11.7 Å². The van der Waals surface area contributed by atoms with Gasteiger partial charge in [-0.25, -0.2) is 4.39 Å². The highest BCUT2D eigenvalue weighted by molar-refractivity contribution is 5.79. The molecule has 0 spiro atoms. The minimum atomic E-state index is -0.331. The molecule has 0 unspecified atom stereocenters. The molecule has 0 radical (unpaired) electrons. The number of nitrogens with zero attached hydrogens (tertiary/aromatic N) is 5. The van der Waals surface area contributed by atoms with Gasteiger partial charge in [0.05, 0.1) is 6.42 Å². The minimum Gasteiger partial charge on any atom is -0.352 e. The van der Waals surface area contributed by atoms with Crippen LogP contribution in [0.15, 0.2) is 60.9 Å². The zero-order valence-electron chi connectivity index (χ0n) is 14.8. The van der Waals surface area contributed by atoms with Crippen LogP contribution in [0.25, 0.3) is 5.82 Å². The summed E-state index contributed by atoms with van der Waals surface area (Å²) in [7, 11) is 0. The third-order valence-electron chi connectivity index (χ3n) is 4.76. The van der Waals surface area contributed by atoms with Crippen LogP contribution in [0, 0.1) is 5.82 Å². The van der Waals surface area contributed by atoms with Gasteiger partial charge in [0.2, 0.25) is 5.91 Å². The van der Waals surface area contributed by atoms with Crippen molar-refractivity contribution in [2.75, 3.05) is 31.1 Å². The molecule has 1 aliphatic heterocycles. The van der Waals surface area contributed by atoms with Gasteiger partial charge in [-0.15, -0.1) is 10.2 Å². The molecule has 1 saturated heterocycles. The van der Waals surface area contributed by atoms with Crippen molar-refractivity contribution in [3.05, 3.63) is 72.3 Å². The van der Waals surface area contributed by atoms with Crippen molar-refractivity contribution in [3.63, 3.8) is 0 Å². The second-order valence-electron chi connectivity index (χ2n) is 6.48. The Morgan fingerprint density at radius 3 is 2.22 bits per heavy atom. The molecule has 1 aromatic carbocycles. The van der Waals surface area contributed by atoms with Gasteiger partial charge in [0.25, 0.3) is 0 Å². The van der Waals surface area contributed by atoms with Crippen LogP contribution in [0.4, 0.5) is 10.2 Å². The summed E-state index contributed by atoms with van der Waals surface area (Å²) < 4.78 is 15.6. The Balaban J connectivity index is 1.34. The lowest BCUT2D eigenvalue weighted by atomic mass is 10.1. The number of carbonyl (C=O) groups excluding carboxylic acids is 1. The van der Waals surface area contributed by atoms with Gasteiger partial charge in [-0.05, 0) is 35.9 Å². The lowest BCUT2D eigenvalue weighted by molar-refractivity contribution is -0.130. The van der Waals surface area contributed by atoms with Crippen LogP contribution >= 0.6 is 0 Å². The van der Waals surface area contributed by atoms with E-state index in [9.17, 15) is 9.18 Å². The number of amides is 1. The Hall–Kier alpha value is -3.22. The molecule has 1 amide bonds. The predicted molar refractivity (Wildman–Crippen MR) is 100 cm³/mol. The molecule has 7 heteroatoms. The Kier molecular flexibility index (Phi) is 4.82. The molecule has 0 atom stereocenters. The molecule has 2 aromatic heterocycles. The van der Waals surface area contributed by atoms with Crippen molar-refractivity contribution in [2.24, 2.45) is 0 Å². The predicted octanol–water partition coefficient (Wildman–Crippen LogP) is 2.30. The first kappa shape index (κ1) is 17.2. The van der Waals surface area contributed by atoms with E-state index in [-0.39, 0.29) is 18.1 Å². The Morgan fingerprint density at radius 1 is 0.889 bits per heavy atom. The number of benzene rings is 1. The number of carbonyl (C=O) groups is 1. The van der Waals surface area contributed by atoms with E-state index in [2.05, 4.69) is 15.1 Å². The first-order chi connectivity index (χ1) is 13.2. The summed E-state index contributed by atoms with van der Waals surface area (Å²) in [5.74, 6) is 1.19. The summed E-state index contributed by atoms with van der Waals surface area (Å²) in [6.45, 7) is 2.55. The molecule has 0 saturated carbocycles. The molecule has 3 heterocycles. The zero-order chi connectivity index (χ0) is 18.6. The van der Waals surface area contributed by atoms with Crippen LogP contribution < -0.4 is 4.90 Å². The van der Waals surface area contributed by atoms with Gasteiger partial charge in [-0.2, -0.15) is 0 Å². The molecule has 1 fully saturated rings. The van der Waals surface area contributed by atoms with Crippen LogP contribution in [0.3, 0.4) is 0 Å². The van der Waals surface area contributed by atoms with Gasteiger partial charge in [0, 0.05) is 38.6 Å². The zero-order valence-corrected chi connectivity index (χ0v) is 14.8. The highest BCUT2D eigenvalue weighted by Crippen LogP contribution is 2.16. The molecule has 138 valence electrons. The van der Waals surface area contributed by atoms with E-state index >= 15 is 0 Å². The molecule has 6 nitrogen and oxygen atoms in total. The summed E-state index contributed by atoms with van der Waals surface area (Å²) in [4.78, 5) is 16.3. The summed E-state index contributed by atoms with van der Waals surface area (Å²) in [6.07, 6.45) is 3.94. The van der Waals surface area contributed by atoms with Crippen molar-refractivity contribution in [1.29, 1.82) is 0 Å². The smallest absolute Gasteiger partial charge is 0.227 e. The summed E-state index contributed by atoms with van der Waals surface area (Å²) in [5, 5.41) is 8.57. The van der Waals surface area contributed by atoms with Gasteiger partial charge < -0.3 is 14.4 Å². The normalized spacial score (nSPS) is 14.4. The quantitative estimate of drug-likeness (QED) is 0.712. The third-order valence-corrected chi connectivity index (χ3v) is 4.76. The van der Waals surface area contributed by atoms with Crippen LogP contribution in [0.1, 0.15) is 5.56 Å². The van der Waals surface area contributed by atoms with E-state index in [0.717, 1.165) is 11.6 Å². The van der Waals surface area contributed by atoms with Gasteiger partial charge in [-0.3, -0.25) is 4.79 Å². The molecule has 0 aliphatic carbocycles. The molecular formula is C20H20FN5O. The summed E-state index contributed by atoms with van der Waals surface area (Å²) >= 11 is 0. The highest BCUT2D eigenvalue weighted by Gasteiger charge is 2.22. The standard InChI is InChI=1S/C20H20FN5O/c21-17-6-2-1-5-16(17)15-20(27)26-13-11-25(12-14-26)19-8-7-18(22-23-19)24-9-3-4-10-24/h1-10H,11-15H2. The molecule has 0 N–H and O–H groups in total. The van der Waals surface area contributed by atoms with Crippen molar-refractivity contribution in [3.8, 4) is 5.82 Å². The van der Waals surface area contributed by atoms with E-state index in [4.69, 9.17) is 0 Å². The van der Waals surface area contributed by atoms with Crippen molar-refractivity contribution < 1.29 is 9.18 Å². The Bertz CT molecular complexity index is 902. The van der Waals surface area contributed by atoms with Gasteiger partial charge in [0.15, 0.2) is 11.6 Å². The lowest BCUT2D eigenvalue weighted by Crippen LogP contribution is -2.49. The fourth-order valence-corrected chi connectivity index (χ4v) is 3.21. The highest BCUT2D eigenvalue weighted by atomic mass is 19.1. The summed E-state index contributed by atoms with van der Waals surface area (Å²) in [5.41, 5.74) is 0.441. The number of hydrogen-bond donors (Lipinski definition) is 0. The Morgan fingerprint density at radius 2 is 1.56 bits per heavy atom. The van der Waals surface area contributed by atoms with E-state index in [1.807, 2.05) is 41.2 Å². The number of piperazine rings is 1. The molecule has 1 aliphatic rings. The number of hydrogen-bond acceptors (Lipinski definition) is 4. The topological polar surface area (TPSA) is 54.3 Å². The van der Waals surface area contributed by atoms with Crippen LogP contribution in [-0.2, 0) is 11.2 Å². The molecular weight excluding hydrogens is 345 g/mol. The van der Waals surface area contributed by atoms with Crippen LogP contribution in [0.5, 0.6) is 0 Å². The maximum absolute atomic E-state index is 13.7. The van der Waals surface area contributed by atoms with Crippen LogP contribution in [-0.4, -0.2) is 51.8 Å². The molecule has 3 aromatic rings. The fourth-order valence-electron chi connectivity index (χ4n) is 3.21.